The van der Waals surface area contributed by atoms with E-state index in [-0.39, 0.29) is 0 Å². The summed E-state index contributed by atoms with van der Waals surface area (Å²) in [6.45, 7) is 7.29. The highest BCUT2D eigenvalue weighted by Gasteiger charge is 2.14. The maximum absolute atomic E-state index is 6.29. The molecule has 3 rings (SSSR count). The zero-order valence-electron chi connectivity index (χ0n) is 18.5. The largest absolute Gasteiger partial charge is 0.494 e. The number of aryl methyl sites for hydroxylation is 3. The van der Waals surface area contributed by atoms with Crippen LogP contribution in [0.4, 0.5) is 0 Å². The molecule has 0 N–H and O–H groups in total. The van der Waals surface area contributed by atoms with Crippen molar-refractivity contribution in [3.05, 3.63) is 99.6 Å². The Morgan fingerprint density at radius 2 is 1.63 bits per heavy atom. The fourth-order valence-corrected chi connectivity index (χ4v) is 4.12. The van der Waals surface area contributed by atoms with Crippen molar-refractivity contribution in [3.63, 3.8) is 0 Å². The van der Waals surface area contributed by atoms with E-state index in [0.717, 1.165) is 43.1 Å². The van der Waals surface area contributed by atoms with E-state index in [1.54, 1.807) is 0 Å². The van der Waals surface area contributed by atoms with Crippen molar-refractivity contribution >= 4 is 11.6 Å². The first-order valence-electron chi connectivity index (χ1n) is 11.1. The maximum Gasteiger partial charge on any atom is 0.119 e. The SMILES string of the molecule is CCCc1ccc(OCCCC(Cc2ccc(C)c(C)c2)c2cccc(Cl)c2)cc1. The van der Waals surface area contributed by atoms with Crippen LogP contribution in [0, 0.1) is 13.8 Å². The van der Waals surface area contributed by atoms with Gasteiger partial charge in [-0.3, -0.25) is 0 Å². The van der Waals surface area contributed by atoms with Gasteiger partial charge in [-0.1, -0.05) is 67.4 Å². The molecule has 1 nitrogen and oxygen atoms in total. The van der Waals surface area contributed by atoms with Crippen LogP contribution in [0.5, 0.6) is 5.75 Å². The molecular weight excluding hydrogens is 388 g/mol. The molecule has 3 aromatic carbocycles. The minimum absolute atomic E-state index is 0.432. The van der Waals surface area contributed by atoms with Gasteiger partial charge in [0.1, 0.15) is 5.75 Å². The topological polar surface area (TPSA) is 9.23 Å². The van der Waals surface area contributed by atoms with Gasteiger partial charge in [-0.05, 0) is 97.5 Å². The van der Waals surface area contributed by atoms with E-state index in [1.165, 1.54) is 34.2 Å². The molecule has 1 atom stereocenters. The van der Waals surface area contributed by atoms with Crippen LogP contribution in [0.1, 0.15) is 59.9 Å². The molecule has 2 heteroatoms. The van der Waals surface area contributed by atoms with Crippen LogP contribution in [0.15, 0.2) is 66.7 Å². The van der Waals surface area contributed by atoms with E-state index in [0.29, 0.717) is 5.92 Å². The minimum Gasteiger partial charge on any atom is -0.494 e. The van der Waals surface area contributed by atoms with E-state index in [2.05, 4.69) is 81.4 Å². The van der Waals surface area contributed by atoms with E-state index in [9.17, 15) is 0 Å². The summed E-state index contributed by atoms with van der Waals surface area (Å²) in [6, 6.07) is 23.7. The van der Waals surface area contributed by atoms with Crippen LogP contribution in [0.25, 0.3) is 0 Å². The molecule has 0 amide bonds. The number of hydrogen-bond acceptors (Lipinski definition) is 1. The van der Waals surface area contributed by atoms with Crippen LogP contribution in [-0.2, 0) is 12.8 Å². The lowest BCUT2D eigenvalue weighted by Crippen LogP contribution is -2.07. The second-order valence-corrected chi connectivity index (χ2v) is 8.70. The minimum atomic E-state index is 0.432. The highest BCUT2D eigenvalue weighted by Crippen LogP contribution is 2.28. The molecule has 0 bridgehead atoms. The molecule has 0 saturated carbocycles. The smallest absolute Gasteiger partial charge is 0.119 e. The maximum atomic E-state index is 6.29. The first-order valence-corrected chi connectivity index (χ1v) is 11.5. The standard InChI is InChI=1S/C28H33ClO/c1-4-7-23-13-15-28(16-14-23)30-17-6-9-25(26-8-5-10-27(29)20-26)19-24-12-11-21(2)22(3)18-24/h5,8,10-16,18,20,25H,4,6-7,9,17,19H2,1-3H3. The first kappa shape index (κ1) is 22.4. The second kappa shape index (κ2) is 11.2. The normalized spacial score (nSPS) is 12.0. The average Bonchev–Trinajstić information content (AvgIpc) is 2.74. The third kappa shape index (κ3) is 6.64. The van der Waals surface area contributed by atoms with E-state index >= 15 is 0 Å². The molecule has 0 aliphatic carbocycles. The fraction of sp³-hybridized carbons (Fsp3) is 0.357. The van der Waals surface area contributed by atoms with Crippen molar-refractivity contribution in [2.45, 2.75) is 58.8 Å². The summed E-state index contributed by atoms with van der Waals surface area (Å²) in [5.41, 5.74) is 6.77. The van der Waals surface area contributed by atoms with Gasteiger partial charge >= 0.3 is 0 Å². The summed E-state index contributed by atoms with van der Waals surface area (Å²) < 4.78 is 6.01. The van der Waals surface area contributed by atoms with Gasteiger partial charge in [0.05, 0.1) is 6.61 Å². The van der Waals surface area contributed by atoms with Gasteiger partial charge in [0.2, 0.25) is 0 Å². The Balaban J connectivity index is 1.61. The van der Waals surface area contributed by atoms with E-state index in [4.69, 9.17) is 16.3 Å². The summed E-state index contributed by atoms with van der Waals surface area (Å²) in [7, 11) is 0. The van der Waals surface area contributed by atoms with Crippen LogP contribution < -0.4 is 4.74 Å². The summed E-state index contributed by atoms with van der Waals surface area (Å²) >= 11 is 6.29. The zero-order valence-corrected chi connectivity index (χ0v) is 19.2. The van der Waals surface area contributed by atoms with Crippen LogP contribution in [-0.4, -0.2) is 6.61 Å². The summed E-state index contributed by atoms with van der Waals surface area (Å²) in [6.07, 6.45) is 5.40. The molecule has 0 fully saturated rings. The van der Waals surface area contributed by atoms with E-state index < -0.39 is 0 Å². The molecule has 30 heavy (non-hydrogen) atoms. The summed E-state index contributed by atoms with van der Waals surface area (Å²) in [5.74, 6) is 1.39. The van der Waals surface area contributed by atoms with Crippen molar-refractivity contribution in [2.24, 2.45) is 0 Å². The van der Waals surface area contributed by atoms with Crippen molar-refractivity contribution < 1.29 is 4.74 Å². The second-order valence-electron chi connectivity index (χ2n) is 8.26. The Morgan fingerprint density at radius 1 is 0.867 bits per heavy atom. The van der Waals surface area contributed by atoms with Crippen LogP contribution in [0.3, 0.4) is 0 Å². The molecule has 1 unspecified atom stereocenters. The first-order chi connectivity index (χ1) is 14.5. The number of benzene rings is 3. The molecule has 0 aliphatic rings. The van der Waals surface area contributed by atoms with Crippen LogP contribution >= 0.6 is 11.6 Å². The third-order valence-corrected chi connectivity index (χ3v) is 6.04. The van der Waals surface area contributed by atoms with Gasteiger partial charge in [0.15, 0.2) is 0 Å². The predicted molar refractivity (Wildman–Crippen MR) is 129 cm³/mol. The summed E-state index contributed by atoms with van der Waals surface area (Å²) in [5, 5.41) is 0.806. The van der Waals surface area contributed by atoms with Crippen molar-refractivity contribution in [1.82, 2.24) is 0 Å². The van der Waals surface area contributed by atoms with Gasteiger partial charge < -0.3 is 4.74 Å². The van der Waals surface area contributed by atoms with Gasteiger partial charge in [-0.25, -0.2) is 0 Å². The highest BCUT2D eigenvalue weighted by atomic mass is 35.5. The fourth-order valence-electron chi connectivity index (χ4n) is 3.92. The Hall–Kier alpha value is -2.25. The van der Waals surface area contributed by atoms with Gasteiger partial charge in [-0.15, -0.1) is 0 Å². The highest BCUT2D eigenvalue weighted by molar-refractivity contribution is 6.30. The van der Waals surface area contributed by atoms with Crippen molar-refractivity contribution in [2.75, 3.05) is 6.61 Å². The van der Waals surface area contributed by atoms with Crippen molar-refractivity contribution in [3.8, 4) is 5.75 Å². The lowest BCUT2D eigenvalue weighted by molar-refractivity contribution is 0.301. The van der Waals surface area contributed by atoms with Crippen LogP contribution in [0.2, 0.25) is 5.02 Å². The Labute approximate surface area is 187 Å². The number of ether oxygens (including phenoxy) is 1. The van der Waals surface area contributed by atoms with Gasteiger partial charge in [0, 0.05) is 5.02 Å². The Kier molecular flexibility index (Phi) is 8.39. The lowest BCUT2D eigenvalue weighted by atomic mass is 9.87. The molecular formula is C28H33ClO. The summed E-state index contributed by atoms with van der Waals surface area (Å²) in [4.78, 5) is 0. The predicted octanol–water partition coefficient (Wildman–Crippen LogP) is 8.09. The zero-order chi connectivity index (χ0) is 21.3. The van der Waals surface area contributed by atoms with Crippen molar-refractivity contribution in [1.29, 1.82) is 0 Å². The quantitative estimate of drug-likeness (QED) is 0.301. The lowest BCUT2D eigenvalue weighted by Gasteiger charge is -2.19. The van der Waals surface area contributed by atoms with Gasteiger partial charge in [0.25, 0.3) is 0 Å². The molecule has 0 aromatic heterocycles. The average molecular weight is 421 g/mol. The molecule has 0 saturated heterocycles. The molecule has 0 radical (unpaired) electrons. The molecule has 0 spiro atoms. The Bertz CT molecular complexity index is 930. The third-order valence-electron chi connectivity index (χ3n) is 5.80. The number of hydrogen-bond donors (Lipinski definition) is 0. The van der Waals surface area contributed by atoms with Gasteiger partial charge in [-0.2, -0.15) is 0 Å². The molecule has 0 heterocycles. The Morgan fingerprint density at radius 3 is 2.33 bits per heavy atom. The van der Waals surface area contributed by atoms with E-state index in [1.807, 2.05) is 6.07 Å². The molecule has 158 valence electrons. The monoisotopic (exact) mass is 420 g/mol. The molecule has 0 aliphatic heterocycles. The molecule has 3 aromatic rings. The number of halogens is 1. The number of rotatable bonds is 10.